The fourth-order valence-corrected chi connectivity index (χ4v) is 2.60. The van der Waals surface area contributed by atoms with Crippen LogP contribution in [0.3, 0.4) is 0 Å². The first-order valence-corrected chi connectivity index (χ1v) is 6.49. The van der Waals surface area contributed by atoms with Crippen molar-refractivity contribution in [3.8, 4) is 11.3 Å². The van der Waals surface area contributed by atoms with Crippen molar-refractivity contribution in [3.05, 3.63) is 40.8 Å². The molecular weight excluding hydrogens is 262 g/mol. The minimum Gasteiger partial charge on any atom is -0.358 e. The fraction of sp³-hybridized carbons (Fsp3) is 0.286. The van der Waals surface area contributed by atoms with E-state index in [1.807, 2.05) is 26.0 Å². The topological polar surface area (TPSA) is 57.8 Å². The summed E-state index contributed by atoms with van der Waals surface area (Å²) < 4.78 is 0. The molecule has 0 unspecified atom stereocenters. The molecule has 2 N–H and O–H groups in total. The SMILES string of the molecule is CC1(C)Cc2[nH]c(-c3ccnc(Cl)c3)cc2C(=O)N1. The number of hydrogen-bond acceptors (Lipinski definition) is 2. The van der Waals surface area contributed by atoms with Gasteiger partial charge in [-0.15, -0.1) is 0 Å². The number of carbonyl (C=O) groups is 1. The lowest BCUT2D eigenvalue weighted by Gasteiger charge is -2.30. The number of carbonyl (C=O) groups excluding carboxylic acids is 1. The Morgan fingerprint density at radius 3 is 2.89 bits per heavy atom. The predicted octanol–water partition coefficient (Wildman–Crippen LogP) is 2.79. The Labute approximate surface area is 116 Å². The molecule has 1 aliphatic heterocycles. The maximum absolute atomic E-state index is 12.0. The quantitative estimate of drug-likeness (QED) is 0.786. The van der Waals surface area contributed by atoms with Gasteiger partial charge >= 0.3 is 0 Å². The maximum Gasteiger partial charge on any atom is 0.253 e. The van der Waals surface area contributed by atoms with Gasteiger partial charge < -0.3 is 10.3 Å². The summed E-state index contributed by atoms with van der Waals surface area (Å²) in [7, 11) is 0. The molecule has 5 heteroatoms. The summed E-state index contributed by atoms with van der Waals surface area (Å²) in [6.45, 7) is 4.02. The first-order chi connectivity index (χ1) is 8.94. The van der Waals surface area contributed by atoms with Gasteiger partial charge in [-0.25, -0.2) is 4.98 Å². The van der Waals surface area contributed by atoms with Crippen molar-refractivity contribution in [2.45, 2.75) is 25.8 Å². The molecule has 3 rings (SSSR count). The number of fused-ring (bicyclic) bond motifs is 1. The molecule has 0 bridgehead atoms. The van der Waals surface area contributed by atoms with E-state index in [1.54, 1.807) is 12.3 Å². The molecule has 98 valence electrons. The summed E-state index contributed by atoms with van der Waals surface area (Å²) in [5, 5.41) is 3.43. The number of rotatable bonds is 1. The van der Waals surface area contributed by atoms with E-state index in [0.29, 0.717) is 10.7 Å². The van der Waals surface area contributed by atoms with Crippen LogP contribution < -0.4 is 5.32 Å². The smallest absolute Gasteiger partial charge is 0.253 e. The Balaban J connectivity index is 2.06. The number of nitrogens with one attached hydrogen (secondary N) is 2. The van der Waals surface area contributed by atoms with Crippen LogP contribution in [0.2, 0.25) is 5.15 Å². The van der Waals surface area contributed by atoms with Crippen LogP contribution in [-0.4, -0.2) is 21.4 Å². The van der Waals surface area contributed by atoms with Gasteiger partial charge in [-0.05, 0) is 32.0 Å². The van der Waals surface area contributed by atoms with Crippen LogP contribution in [0.4, 0.5) is 0 Å². The van der Waals surface area contributed by atoms with Gasteiger partial charge in [0.05, 0.1) is 5.56 Å². The average molecular weight is 276 g/mol. The van der Waals surface area contributed by atoms with Gasteiger partial charge in [-0.3, -0.25) is 4.79 Å². The highest BCUT2D eigenvalue weighted by atomic mass is 35.5. The third-order valence-corrected chi connectivity index (χ3v) is 3.46. The van der Waals surface area contributed by atoms with Crippen LogP contribution in [0.1, 0.15) is 29.9 Å². The Morgan fingerprint density at radius 1 is 1.37 bits per heavy atom. The summed E-state index contributed by atoms with van der Waals surface area (Å²) in [5.74, 6) is -0.0334. The van der Waals surface area contributed by atoms with Gasteiger partial charge in [0.2, 0.25) is 0 Å². The van der Waals surface area contributed by atoms with Crippen molar-refractivity contribution in [2.24, 2.45) is 0 Å². The van der Waals surface area contributed by atoms with E-state index in [0.717, 1.165) is 23.4 Å². The largest absolute Gasteiger partial charge is 0.358 e. The Morgan fingerprint density at radius 2 is 2.16 bits per heavy atom. The zero-order chi connectivity index (χ0) is 13.6. The van der Waals surface area contributed by atoms with Crippen LogP contribution in [0.15, 0.2) is 24.4 Å². The highest BCUT2D eigenvalue weighted by molar-refractivity contribution is 6.29. The second-order valence-electron chi connectivity index (χ2n) is 5.46. The van der Waals surface area contributed by atoms with Crippen LogP contribution in [0, 0.1) is 0 Å². The zero-order valence-corrected chi connectivity index (χ0v) is 11.5. The fourth-order valence-electron chi connectivity index (χ4n) is 2.43. The van der Waals surface area contributed by atoms with Crippen molar-refractivity contribution >= 4 is 17.5 Å². The third kappa shape index (κ3) is 2.24. The molecule has 0 radical (unpaired) electrons. The molecule has 1 aliphatic rings. The molecule has 0 aliphatic carbocycles. The zero-order valence-electron chi connectivity index (χ0n) is 10.7. The highest BCUT2D eigenvalue weighted by Crippen LogP contribution is 2.28. The second kappa shape index (κ2) is 4.10. The van der Waals surface area contributed by atoms with Gasteiger partial charge in [0.1, 0.15) is 5.15 Å². The minimum absolute atomic E-state index is 0.0334. The van der Waals surface area contributed by atoms with Crippen molar-refractivity contribution < 1.29 is 4.79 Å². The van der Waals surface area contributed by atoms with Crippen molar-refractivity contribution in [1.82, 2.24) is 15.3 Å². The van der Waals surface area contributed by atoms with Crippen LogP contribution >= 0.6 is 11.6 Å². The average Bonchev–Trinajstić information content (AvgIpc) is 2.71. The van der Waals surface area contributed by atoms with E-state index in [4.69, 9.17) is 11.6 Å². The Hall–Kier alpha value is -1.81. The molecule has 0 fully saturated rings. The number of amides is 1. The summed E-state index contributed by atoms with van der Waals surface area (Å²) in [5.41, 5.74) is 3.28. The number of nitrogens with zero attached hydrogens (tertiary/aromatic N) is 1. The van der Waals surface area contributed by atoms with E-state index >= 15 is 0 Å². The lowest BCUT2D eigenvalue weighted by atomic mass is 9.92. The molecule has 0 saturated carbocycles. The lowest BCUT2D eigenvalue weighted by molar-refractivity contribution is 0.0896. The monoisotopic (exact) mass is 275 g/mol. The van der Waals surface area contributed by atoms with E-state index < -0.39 is 0 Å². The van der Waals surface area contributed by atoms with Gasteiger partial charge in [-0.1, -0.05) is 11.6 Å². The molecule has 0 spiro atoms. The van der Waals surface area contributed by atoms with Crippen LogP contribution in [0.5, 0.6) is 0 Å². The molecule has 19 heavy (non-hydrogen) atoms. The van der Waals surface area contributed by atoms with Crippen molar-refractivity contribution in [1.29, 1.82) is 0 Å². The number of hydrogen-bond donors (Lipinski definition) is 2. The van der Waals surface area contributed by atoms with Gasteiger partial charge in [0.25, 0.3) is 5.91 Å². The maximum atomic E-state index is 12.0. The molecular formula is C14H14ClN3O. The number of pyridine rings is 1. The molecule has 0 aromatic carbocycles. The predicted molar refractivity (Wildman–Crippen MR) is 74.3 cm³/mol. The first kappa shape index (κ1) is 12.2. The summed E-state index contributed by atoms with van der Waals surface area (Å²) in [6, 6.07) is 5.51. The van der Waals surface area contributed by atoms with Gasteiger partial charge in [-0.2, -0.15) is 0 Å². The minimum atomic E-state index is -0.220. The molecule has 2 aromatic heterocycles. The summed E-state index contributed by atoms with van der Waals surface area (Å²) in [4.78, 5) is 19.3. The Kier molecular flexibility index (Phi) is 2.64. The Bertz CT molecular complexity index is 660. The summed E-state index contributed by atoms with van der Waals surface area (Å²) in [6.07, 6.45) is 2.44. The van der Waals surface area contributed by atoms with E-state index in [-0.39, 0.29) is 11.4 Å². The molecule has 2 aromatic rings. The highest BCUT2D eigenvalue weighted by Gasteiger charge is 2.31. The number of aromatic amines is 1. The third-order valence-electron chi connectivity index (χ3n) is 3.25. The number of halogens is 1. The van der Waals surface area contributed by atoms with Gasteiger partial charge in [0.15, 0.2) is 0 Å². The molecule has 3 heterocycles. The number of H-pyrrole nitrogens is 1. The summed E-state index contributed by atoms with van der Waals surface area (Å²) >= 11 is 5.89. The molecule has 0 saturated heterocycles. The van der Waals surface area contributed by atoms with Crippen molar-refractivity contribution in [3.63, 3.8) is 0 Å². The van der Waals surface area contributed by atoms with Crippen LogP contribution in [0.25, 0.3) is 11.3 Å². The molecule has 0 atom stereocenters. The van der Waals surface area contributed by atoms with Crippen molar-refractivity contribution in [2.75, 3.05) is 0 Å². The van der Waals surface area contributed by atoms with Gasteiger partial charge in [0, 0.05) is 35.1 Å². The first-order valence-electron chi connectivity index (χ1n) is 6.11. The lowest BCUT2D eigenvalue weighted by Crippen LogP contribution is -2.48. The number of aromatic nitrogens is 2. The van der Waals surface area contributed by atoms with Crippen LogP contribution in [-0.2, 0) is 6.42 Å². The molecule has 4 nitrogen and oxygen atoms in total. The normalized spacial score (nSPS) is 16.9. The van der Waals surface area contributed by atoms with E-state index in [2.05, 4.69) is 15.3 Å². The van der Waals surface area contributed by atoms with E-state index in [1.165, 1.54) is 0 Å². The molecule has 1 amide bonds. The second-order valence-corrected chi connectivity index (χ2v) is 5.84. The van der Waals surface area contributed by atoms with E-state index in [9.17, 15) is 4.79 Å². The standard InChI is InChI=1S/C14H14ClN3O/c1-14(2)7-11-9(13(19)18-14)6-10(17-11)8-3-4-16-12(15)5-8/h3-6,17H,7H2,1-2H3,(H,18,19).